The van der Waals surface area contributed by atoms with E-state index in [1.165, 1.54) is 14.2 Å². The van der Waals surface area contributed by atoms with Crippen molar-refractivity contribution in [3.8, 4) is 28.4 Å². The van der Waals surface area contributed by atoms with Crippen molar-refractivity contribution in [1.29, 1.82) is 0 Å². The van der Waals surface area contributed by atoms with E-state index >= 15 is 0 Å². The Balaban J connectivity index is 1.63. The molecule has 29 heavy (non-hydrogen) atoms. The molecule has 0 atom stereocenters. The van der Waals surface area contributed by atoms with Gasteiger partial charge in [0.1, 0.15) is 17.2 Å². The predicted molar refractivity (Wildman–Crippen MR) is 115 cm³/mol. The van der Waals surface area contributed by atoms with Crippen LogP contribution >= 0.6 is 11.6 Å². The van der Waals surface area contributed by atoms with Crippen LogP contribution in [0.15, 0.2) is 66.7 Å². The van der Waals surface area contributed by atoms with Crippen LogP contribution in [0, 0.1) is 0 Å². The fourth-order valence-electron chi connectivity index (χ4n) is 2.87. The van der Waals surface area contributed by atoms with Crippen LogP contribution < -0.4 is 19.5 Å². The van der Waals surface area contributed by atoms with E-state index in [1.807, 2.05) is 54.6 Å². The Morgan fingerprint density at radius 2 is 1.59 bits per heavy atom. The number of hydrogen-bond acceptors (Lipinski definition) is 4. The number of nitrogens with one attached hydrogen (secondary N) is 1. The summed E-state index contributed by atoms with van der Waals surface area (Å²) in [4.78, 5) is 12.4. The van der Waals surface area contributed by atoms with Crippen molar-refractivity contribution >= 4 is 23.2 Å². The zero-order valence-corrected chi connectivity index (χ0v) is 17.0. The molecular weight excluding hydrogens is 390 g/mol. The number of carbonyl (C=O) groups is 1. The van der Waals surface area contributed by atoms with Crippen molar-refractivity contribution in [2.24, 2.45) is 0 Å². The zero-order chi connectivity index (χ0) is 20.6. The highest BCUT2D eigenvalue weighted by atomic mass is 35.5. The Kier molecular flexibility index (Phi) is 6.98. The van der Waals surface area contributed by atoms with Gasteiger partial charge in [0.25, 0.3) is 0 Å². The first kappa shape index (κ1) is 20.6. The lowest BCUT2D eigenvalue weighted by Gasteiger charge is -2.14. The topological polar surface area (TPSA) is 56.8 Å². The van der Waals surface area contributed by atoms with Gasteiger partial charge in [-0.15, -0.1) is 0 Å². The molecule has 0 saturated heterocycles. The normalized spacial score (nSPS) is 10.3. The molecule has 0 aromatic heterocycles. The van der Waals surface area contributed by atoms with Gasteiger partial charge in [-0.25, -0.2) is 0 Å². The lowest BCUT2D eigenvalue weighted by molar-refractivity contribution is -0.116. The molecule has 0 fully saturated rings. The van der Waals surface area contributed by atoms with Gasteiger partial charge in [-0.05, 0) is 17.7 Å². The van der Waals surface area contributed by atoms with Crippen LogP contribution in [0.5, 0.6) is 17.2 Å². The van der Waals surface area contributed by atoms with Crippen molar-refractivity contribution < 1.29 is 19.0 Å². The highest BCUT2D eigenvalue weighted by Gasteiger charge is 2.13. The van der Waals surface area contributed by atoms with E-state index in [0.717, 1.165) is 16.9 Å². The maximum absolute atomic E-state index is 12.4. The SMILES string of the molecule is COc1cc(OC)c(NC(=O)CCOc2ccccc2-c2ccccc2)cc1Cl. The van der Waals surface area contributed by atoms with Gasteiger partial charge in [0.2, 0.25) is 5.91 Å². The fourth-order valence-corrected chi connectivity index (χ4v) is 3.11. The average Bonchev–Trinajstić information content (AvgIpc) is 2.75. The quantitative estimate of drug-likeness (QED) is 0.536. The number of anilines is 1. The summed E-state index contributed by atoms with van der Waals surface area (Å²) in [6.07, 6.45) is 0.177. The van der Waals surface area contributed by atoms with E-state index < -0.39 is 0 Å². The standard InChI is InChI=1S/C23H22ClNO4/c1-27-21-15-22(28-2)19(14-18(21)24)25-23(26)12-13-29-20-11-7-6-10-17(20)16-8-4-3-5-9-16/h3-11,14-15H,12-13H2,1-2H3,(H,25,26). The van der Waals surface area contributed by atoms with Crippen LogP contribution in [-0.2, 0) is 4.79 Å². The molecule has 0 aliphatic carbocycles. The van der Waals surface area contributed by atoms with Gasteiger partial charge in [0, 0.05) is 11.6 Å². The molecule has 5 nitrogen and oxygen atoms in total. The molecule has 150 valence electrons. The molecule has 1 N–H and O–H groups in total. The van der Waals surface area contributed by atoms with Gasteiger partial charge >= 0.3 is 0 Å². The van der Waals surface area contributed by atoms with E-state index in [0.29, 0.717) is 22.2 Å². The maximum atomic E-state index is 12.4. The average molecular weight is 412 g/mol. The first-order valence-corrected chi connectivity index (χ1v) is 9.48. The minimum atomic E-state index is -0.207. The van der Waals surface area contributed by atoms with E-state index in [9.17, 15) is 4.79 Å². The van der Waals surface area contributed by atoms with Crippen molar-refractivity contribution in [3.63, 3.8) is 0 Å². The molecule has 3 rings (SSSR count). The van der Waals surface area contributed by atoms with Crippen LogP contribution in [0.25, 0.3) is 11.1 Å². The first-order valence-electron chi connectivity index (χ1n) is 9.11. The van der Waals surface area contributed by atoms with Gasteiger partial charge in [0.15, 0.2) is 0 Å². The van der Waals surface area contributed by atoms with Crippen LogP contribution in [0.3, 0.4) is 0 Å². The summed E-state index contributed by atoms with van der Waals surface area (Å²) in [6, 6.07) is 21.0. The number of amides is 1. The summed E-state index contributed by atoms with van der Waals surface area (Å²) in [7, 11) is 3.03. The van der Waals surface area contributed by atoms with Crippen LogP contribution in [0.1, 0.15) is 6.42 Å². The van der Waals surface area contributed by atoms with E-state index in [2.05, 4.69) is 5.32 Å². The predicted octanol–water partition coefficient (Wildman–Crippen LogP) is 5.43. The minimum Gasteiger partial charge on any atom is -0.495 e. The smallest absolute Gasteiger partial charge is 0.227 e. The highest BCUT2D eigenvalue weighted by molar-refractivity contribution is 6.32. The third-order valence-electron chi connectivity index (χ3n) is 4.31. The molecule has 3 aromatic carbocycles. The Bertz CT molecular complexity index is 976. The first-order chi connectivity index (χ1) is 14.1. The van der Waals surface area contributed by atoms with E-state index in [1.54, 1.807) is 12.1 Å². The molecule has 3 aromatic rings. The number of rotatable bonds is 8. The van der Waals surface area contributed by atoms with Crippen LogP contribution in [0.2, 0.25) is 5.02 Å². The molecule has 6 heteroatoms. The van der Waals surface area contributed by atoms with Gasteiger partial charge in [-0.3, -0.25) is 4.79 Å². The summed E-state index contributed by atoms with van der Waals surface area (Å²) in [5.41, 5.74) is 2.52. The lowest BCUT2D eigenvalue weighted by Crippen LogP contribution is -2.16. The third-order valence-corrected chi connectivity index (χ3v) is 4.60. The molecule has 0 radical (unpaired) electrons. The van der Waals surface area contributed by atoms with E-state index in [-0.39, 0.29) is 18.9 Å². The number of para-hydroxylation sites is 1. The Labute approximate surface area is 175 Å². The largest absolute Gasteiger partial charge is 0.495 e. The molecule has 0 unspecified atom stereocenters. The van der Waals surface area contributed by atoms with Crippen LogP contribution in [-0.4, -0.2) is 26.7 Å². The fraction of sp³-hybridized carbons (Fsp3) is 0.174. The Hall–Kier alpha value is -3.18. The summed E-state index contributed by atoms with van der Waals surface area (Å²) in [6.45, 7) is 0.238. The number of benzene rings is 3. The second-order valence-corrected chi connectivity index (χ2v) is 6.60. The van der Waals surface area contributed by atoms with E-state index in [4.69, 9.17) is 25.8 Å². The van der Waals surface area contributed by atoms with Gasteiger partial charge in [0.05, 0.1) is 38.0 Å². The maximum Gasteiger partial charge on any atom is 0.227 e. The summed E-state index contributed by atoms with van der Waals surface area (Å²) in [5, 5.41) is 3.19. The molecule has 1 amide bonds. The number of methoxy groups -OCH3 is 2. The lowest BCUT2D eigenvalue weighted by atomic mass is 10.1. The molecule has 0 aliphatic rings. The summed E-state index contributed by atoms with van der Waals surface area (Å²) < 4.78 is 16.3. The Morgan fingerprint density at radius 1 is 0.897 bits per heavy atom. The molecular formula is C23H22ClNO4. The zero-order valence-electron chi connectivity index (χ0n) is 16.3. The van der Waals surface area contributed by atoms with Crippen molar-refractivity contribution in [1.82, 2.24) is 0 Å². The summed E-state index contributed by atoms with van der Waals surface area (Å²) >= 11 is 6.15. The summed E-state index contributed by atoms with van der Waals surface area (Å²) in [5.74, 6) is 1.47. The molecule has 0 saturated carbocycles. The number of ether oxygens (including phenoxy) is 3. The number of carbonyl (C=O) groups excluding carboxylic acids is 1. The second kappa shape index (κ2) is 9.85. The molecule has 0 aliphatic heterocycles. The van der Waals surface area contributed by atoms with Gasteiger partial charge in [-0.1, -0.05) is 60.1 Å². The third kappa shape index (κ3) is 5.21. The highest BCUT2D eigenvalue weighted by Crippen LogP contribution is 2.36. The van der Waals surface area contributed by atoms with Crippen molar-refractivity contribution in [2.45, 2.75) is 6.42 Å². The van der Waals surface area contributed by atoms with Gasteiger partial charge < -0.3 is 19.5 Å². The molecule has 0 spiro atoms. The minimum absolute atomic E-state index is 0.177. The molecule has 0 bridgehead atoms. The van der Waals surface area contributed by atoms with Crippen molar-refractivity contribution in [2.75, 3.05) is 26.1 Å². The van der Waals surface area contributed by atoms with Crippen LogP contribution in [0.4, 0.5) is 5.69 Å². The van der Waals surface area contributed by atoms with Gasteiger partial charge in [-0.2, -0.15) is 0 Å². The van der Waals surface area contributed by atoms with Crippen molar-refractivity contribution in [3.05, 3.63) is 71.8 Å². The Morgan fingerprint density at radius 3 is 2.31 bits per heavy atom. The monoisotopic (exact) mass is 411 g/mol. The second-order valence-electron chi connectivity index (χ2n) is 6.20. The number of hydrogen-bond donors (Lipinski definition) is 1. The number of halogens is 1. The molecule has 0 heterocycles.